The molecule has 0 saturated heterocycles. The number of nitrogens with zero attached hydrogens (tertiary/aromatic N) is 2. The number of rotatable bonds is 8. The van der Waals surface area contributed by atoms with E-state index in [2.05, 4.69) is 0 Å². The van der Waals surface area contributed by atoms with Gasteiger partial charge in [-0.3, -0.25) is 4.79 Å². The molecule has 0 N–H and O–H groups in total. The molecule has 2 rings (SSSR count). The predicted molar refractivity (Wildman–Crippen MR) is 106 cm³/mol. The molecular weight excluding hydrogens is 356 g/mol. The Hall–Kier alpha value is -3.33. The van der Waals surface area contributed by atoms with Crippen molar-refractivity contribution in [1.82, 2.24) is 0 Å². The van der Waals surface area contributed by atoms with Gasteiger partial charge in [0, 0.05) is 12.2 Å². The van der Waals surface area contributed by atoms with Gasteiger partial charge in [0.15, 0.2) is 13.2 Å². The van der Waals surface area contributed by atoms with E-state index in [4.69, 9.17) is 14.7 Å². The molecule has 6 heteroatoms. The quantitative estimate of drug-likeness (QED) is 0.655. The maximum Gasteiger partial charge on any atom is 0.344 e. The van der Waals surface area contributed by atoms with E-state index in [0.29, 0.717) is 11.4 Å². The standard InChI is InChI=1S/C22H24N2O4/c1-16-5-8-19(9-6-16)24(12-4-11-23)21(25)14-28-22(26)15-27-20-10-7-17(2)18(3)13-20/h5-10,13H,4,12,14-15H2,1-3H3. The number of benzene rings is 2. The summed E-state index contributed by atoms with van der Waals surface area (Å²) < 4.78 is 10.5. The minimum atomic E-state index is -0.629. The van der Waals surface area contributed by atoms with Crippen LogP contribution in [0, 0.1) is 32.1 Å². The molecule has 0 bridgehead atoms. The number of carbonyl (C=O) groups is 2. The molecule has 0 aliphatic heterocycles. The Morgan fingerprint density at radius 2 is 1.71 bits per heavy atom. The van der Waals surface area contributed by atoms with Gasteiger partial charge in [-0.15, -0.1) is 0 Å². The summed E-state index contributed by atoms with van der Waals surface area (Å²) in [6.45, 7) is 5.44. The smallest absolute Gasteiger partial charge is 0.344 e. The van der Waals surface area contributed by atoms with Crippen molar-refractivity contribution >= 4 is 17.6 Å². The molecule has 0 aliphatic carbocycles. The summed E-state index contributed by atoms with van der Waals surface area (Å²) in [5.41, 5.74) is 3.92. The van der Waals surface area contributed by atoms with Crippen LogP contribution in [0.15, 0.2) is 42.5 Å². The molecule has 0 fully saturated rings. The molecule has 0 heterocycles. The van der Waals surface area contributed by atoms with Crippen molar-refractivity contribution in [3.05, 3.63) is 59.2 Å². The molecule has 0 atom stereocenters. The lowest BCUT2D eigenvalue weighted by molar-refractivity contribution is -0.149. The van der Waals surface area contributed by atoms with Gasteiger partial charge in [0.05, 0.1) is 12.5 Å². The first-order chi connectivity index (χ1) is 13.4. The average molecular weight is 380 g/mol. The van der Waals surface area contributed by atoms with Crippen LogP contribution >= 0.6 is 0 Å². The highest BCUT2D eigenvalue weighted by Gasteiger charge is 2.17. The predicted octanol–water partition coefficient (Wildman–Crippen LogP) is 3.48. The molecule has 0 unspecified atom stereocenters. The molecule has 0 aliphatic rings. The maximum absolute atomic E-state index is 12.5. The fraction of sp³-hybridized carbons (Fsp3) is 0.318. The Labute approximate surface area is 165 Å². The third kappa shape index (κ3) is 6.13. The molecule has 0 spiro atoms. The highest BCUT2D eigenvalue weighted by molar-refractivity contribution is 5.95. The van der Waals surface area contributed by atoms with Gasteiger partial charge in [-0.25, -0.2) is 4.79 Å². The number of hydrogen-bond donors (Lipinski definition) is 0. The molecule has 2 aromatic rings. The topological polar surface area (TPSA) is 79.6 Å². The first-order valence-corrected chi connectivity index (χ1v) is 9.00. The van der Waals surface area contributed by atoms with E-state index in [1.54, 1.807) is 18.2 Å². The van der Waals surface area contributed by atoms with Crippen molar-refractivity contribution in [2.24, 2.45) is 0 Å². The van der Waals surface area contributed by atoms with Gasteiger partial charge >= 0.3 is 5.97 Å². The van der Waals surface area contributed by atoms with Crippen molar-refractivity contribution in [3.63, 3.8) is 0 Å². The molecular formula is C22H24N2O4. The molecule has 0 radical (unpaired) electrons. The second kappa shape index (κ2) is 10.1. The summed E-state index contributed by atoms with van der Waals surface area (Å²) in [6.07, 6.45) is 0.184. The van der Waals surface area contributed by atoms with Gasteiger partial charge in [-0.05, 0) is 56.2 Å². The van der Waals surface area contributed by atoms with Crippen molar-refractivity contribution in [2.75, 3.05) is 24.7 Å². The average Bonchev–Trinajstić information content (AvgIpc) is 2.68. The van der Waals surface area contributed by atoms with Crippen LogP contribution in [0.1, 0.15) is 23.1 Å². The van der Waals surface area contributed by atoms with Crippen LogP contribution < -0.4 is 9.64 Å². The zero-order chi connectivity index (χ0) is 20.5. The van der Waals surface area contributed by atoms with Crippen molar-refractivity contribution in [3.8, 4) is 11.8 Å². The highest BCUT2D eigenvalue weighted by Crippen LogP contribution is 2.17. The van der Waals surface area contributed by atoms with Crippen LogP contribution in [0.2, 0.25) is 0 Å². The lowest BCUT2D eigenvalue weighted by Crippen LogP contribution is -2.36. The zero-order valence-corrected chi connectivity index (χ0v) is 16.4. The summed E-state index contributed by atoms with van der Waals surface area (Å²) in [5, 5.41) is 8.83. The highest BCUT2D eigenvalue weighted by atomic mass is 16.6. The molecule has 28 heavy (non-hydrogen) atoms. The van der Waals surface area contributed by atoms with E-state index in [1.807, 2.05) is 51.1 Å². The maximum atomic E-state index is 12.5. The Morgan fingerprint density at radius 1 is 1.00 bits per heavy atom. The number of ether oxygens (including phenoxy) is 2. The van der Waals surface area contributed by atoms with E-state index < -0.39 is 18.5 Å². The summed E-state index contributed by atoms with van der Waals surface area (Å²) in [5.74, 6) is -0.448. The summed E-state index contributed by atoms with van der Waals surface area (Å²) in [6, 6.07) is 14.9. The lowest BCUT2D eigenvalue weighted by Gasteiger charge is -2.21. The molecule has 0 saturated carbocycles. The van der Waals surface area contributed by atoms with Gasteiger partial charge in [0.2, 0.25) is 0 Å². The summed E-state index contributed by atoms with van der Waals surface area (Å²) >= 11 is 0. The summed E-state index contributed by atoms with van der Waals surface area (Å²) in [7, 11) is 0. The molecule has 2 aromatic carbocycles. The molecule has 1 amide bonds. The Balaban J connectivity index is 1.89. The largest absolute Gasteiger partial charge is 0.482 e. The van der Waals surface area contributed by atoms with Crippen molar-refractivity contribution < 1.29 is 19.1 Å². The summed E-state index contributed by atoms with van der Waals surface area (Å²) in [4.78, 5) is 25.9. The Morgan fingerprint density at radius 3 is 2.36 bits per heavy atom. The second-order valence-electron chi connectivity index (χ2n) is 6.48. The van der Waals surface area contributed by atoms with Gasteiger partial charge < -0.3 is 14.4 Å². The fourth-order valence-corrected chi connectivity index (χ4v) is 2.49. The number of carbonyl (C=O) groups excluding carboxylic acids is 2. The van der Waals surface area contributed by atoms with Crippen LogP contribution in [0.5, 0.6) is 5.75 Å². The van der Waals surface area contributed by atoms with E-state index >= 15 is 0 Å². The first kappa shape index (κ1) is 21.0. The van der Waals surface area contributed by atoms with Gasteiger partial charge in [-0.2, -0.15) is 5.26 Å². The Kier molecular flexibility index (Phi) is 7.58. The van der Waals surface area contributed by atoms with E-state index in [9.17, 15) is 9.59 Å². The lowest BCUT2D eigenvalue weighted by atomic mass is 10.1. The normalized spacial score (nSPS) is 10.1. The number of anilines is 1. The van der Waals surface area contributed by atoms with Gasteiger partial charge in [-0.1, -0.05) is 23.8 Å². The third-order valence-electron chi connectivity index (χ3n) is 4.29. The van der Waals surface area contributed by atoms with Crippen LogP contribution in [0.4, 0.5) is 5.69 Å². The zero-order valence-electron chi connectivity index (χ0n) is 16.4. The van der Waals surface area contributed by atoms with Crippen molar-refractivity contribution in [1.29, 1.82) is 5.26 Å². The van der Waals surface area contributed by atoms with Crippen LogP contribution in [-0.2, 0) is 14.3 Å². The second-order valence-corrected chi connectivity index (χ2v) is 6.48. The fourth-order valence-electron chi connectivity index (χ4n) is 2.49. The monoisotopic (exact) mass is 380 g/mol. The molecule has 0 aromatic heterocycles. The van der Waals surface area contributed by atoms with Gasteiger partial charge in [0.25, 0.3) is 5.91 Å². The number of nitriles is 1. The number of hydrogen-bond acceptors (Lipinski definition) is 5. The van der Waals surface area contributed by atoms with Gasteiger partial charge in [0.1, 0.15) is 5.75 Å². The first-order valence-electron chi connectivity index (χ1n) is 9.00. The van der Waals surface area contributed by atoms with Crippen LogP contribution in [0.25, 0.3) is 0 Å². The van der Waals surface area contributed by atoms with Crippen LogP contribution in [0.3, 0.4) is 0 Å². The number of esters is 1. The molecule has 6 nitrogen and oxygen atoms in total. The number of amides is 1. The Bertz CT molecular complexity index is 869. The van der Waals surface area contributed by atoms with Crippen LogP contribution in [-0.4, -0.2) is 31.6 Å². The minimum absolute atomic E-state index is 0.184. The van der Waals surface area contributed by atoms with E-state index in [1.165, 1.54) is 4.90 Å². The number of aryl methyl sites for hydroxylation is 3. The SMILES string of the molecule is Cc1ccc(N(CCC#N)C(=O)COC(=O)COc2ccc(C)c(C)c2)cc1. The third-order valence-corrected chi connectivity index (χ3v) is 4.29. The van der Waals surface area contributed by atoms with E-state index in [0.717, 1.165) is 16.7 Å². The van der Waals surface area contributed by atoms with Crippen molar-refractivity contribution in [2.45, 2.75) is 27.2 Å². The minimum Gasteiger partial charge on any atom is -0.482 e. The van der Waals surface area contributed by atoms with E-state index in [-0.39, 0.29) is 19.6 Å². The molecule has 146 valence electrons.